The summed E-state index contributed by atoms with van der Waals surface area (Å²) in [5.74, 6) is 0.578. The highest BCUT2D eigenvalue weighted by molar-refractivity contribution is 6.31. The smallest absolute Gasteiger partial charge is 0.167 e. The molecule has 0 saturated carbocycles. The zero-order valence-corrected chi connectivity index (χ0v) is 14.0. The first kappa shape index (κ1) is 16.3. The maximum Gasteiger partial charge on any atom is 0.167 e. The highest BCUT2D eigenvalue weighted by Crippen LogP contribution is 2.22. The molecule has 1 saturated heterocycles. The van der Waals surface area contributed by atoms with Gasteiger partial charge in [0.15, 0.2) is 5.82 Å². The van der Waals surface area contributed by atoms with E-state index in [9.17, 15) is 4.39 Å². The predicted octanol–water partition coefficient (Wildman–Crippen LogP) is 1.88. The van der Waals surface area contributed by atoms with Crippen molar-refractivity contribution in [3.05, 3.63) is 40.4 Å². The Kier molecular flexibility index (Phi) is 4.89. The number of benzene rings is 1. The number of nitrogens with zero attached hydrogens (tertiary/aromatic N) is 6. The van der Waals surface area contributed by atoms with Crippen molar-refractivity contribution in [2.24, 2.45) is 7.05 Å². The Bertz CT molecular complexity index is 668. The molecule has 1 aromatic carbocycles. The molecule has 0 radical (unpaired) electrons. The molecule has 1 aromatic heterocycles. The highest BCUT2D eigenvalue weighted by atomic mass is 35.5. The number of rotatable bonds is 4. The van der Waals surface area contributed by atoms with Crippen LogP contribution in [-0.2, 0) is 13.6 Å². The number of aromatic nitrogens is 4. The lowest BCUT2D eigenvalue weighted by Crippen LogP contribution is -2.47. The minimum atomic E-state index is -0.297. The zero-order valence-electron chi connectivity index (χ0n) is 13.3. The van der Waals surface area contributed by atoms with E-state index in [-0.39, 0.29) is 11.9 Å². The van der Waals surface area contributed by atoms with Crippen molar-refractivity contribution in [2.75, 3.05) is 26.2 Å². The van der Waals surface area contributed by atoms with Crippen LogP contribution in [0, 0.1) is 5.82 Å². The first-order valence-electron chi connectivity index (χ1n) is 7.67. The Balaban J connectivity index is 1.57. The number of aryl methyl sites for hydroxylation is 1. The molecule has 0 aliphatic carbocycles. The van der Waals surface area contributed by atoms with E-state index in [4.69, 9.17) is 11.6 Å². The maximum absolute atomic E-state index is 13.1. The molecule has 2 aromatic rings. The lowest BCUT2D eigenvalue weighted by molar-refractivity contribution is 0.0933. The van der Waals surface area contributed by atoms with Crippen molar-refractivity contribution in [3.63, 3.8) is 0 Å². The Hall–Kier alpha value is -1.57. The lowest BCUT2D eigenvalue weighted by Gasteiger charge is -2.37. The van der Waals surface area contributed by atoms with Gasteiger partial charge < -0.3 is 0 Å². The van der Waals surface area contributed by atoms with Gasteiger partial charge in [0, 0.05) is 44.8 Å². The molecule has 6 nitrogen and oxygen atoms in total. The van der Waals surface area contributed by atoms with E-state index in [0.29, 0.717) is 5.02 Å². The van der Waals surface area contributed by atoms with Crippen LogP contribution >= 0.6 is 11.6 Å². The van der Waals surface area contributed by atoms with E-state index < -0.39 is 0 Å². The van der Waals surface area contributed by atoms with E-state index in [0.717, 1.165) is 44.1 Å². The quantitative estimate of drug-likeness (QED) is 0.852. The molecule has 0 N–H and O–H groups in total. The van der Waals surface area contributed by atoms with Crippen LogP contribution in [0.1, 0.15) is 24.4 Å². The van der Waals surface area contributed by atoms with Crippen LogP contribution in [0.5, 0.6) is 0 Å². The number of piperazine rings is 1. The zero-order chi connectivity index (χ0) is 16.4. The Labute approximate surface area is 139 Å². The molecule has 2 heterocycles. The fourth-order valence-electron chi connectivity index (χ4n) is 2.95. The molecule has 1 atom stereocenters. The van der Waals surface area contributed by atoms with Crippen LogP contribution in [0.4, 0.5) is 4.39 Å². The maximum atomic E-state index is 13.1. The predicted molar refractivity (Wildman–Crippen MR) is 85.5 cm³/mol. The molecule has 1 aliphatic heterocycles. The first-order chi connectivity index (χ1) is 11.0. The lowest BCUT2D eigenvalue weighted by atomic mass is 10.1. The molecule has 124 valence electrons. The van der Waals surface area contributed by atoms with Crippen LogP contribution < -0.4 is 0 Å². The summed E-state index contributed by atoms with van der Waals surface area (Å²) in [6, 6.07) is 4.78. The van der Waals surface area contributed by atoms with Gasteiger partial charge in [-0.25, -0.2) is 9.07 Å². The monoisotopic (exact) mass is 338 g/mol. The van der Waals surface area contributed by atoms with Gasteiger partial charge in [-0.15, -0.1) is 5.10 Å². The average Bonchev–Trinajstić information content (AvgIpc) is 2.96. The molecular formula is C15H20ClFN6. The summed E-state index contributed by atoms with van der Waals surface area (Å²) in [6.07, 6.45) is 0. The fourth-order valence-corrected chi connectivity index (χ4v) is 3.18. The number of tetrazole rings is 1. The molecule has 3 rings (SSSR count). The van der Waals surface area contributed by atoms with Crippen molar-refractivity contribution in [2.45, 2.75) is 19.5 Å². The van der Waals surface area contributed by atoms with Crippen molar-refractivity contribution < 1.29 is 4.39 Å². The highest BCUT2D eigenvalue weighted by Gasteiger charge is 2.25. The van der Waals surface area contributed by atoms with Crippen LogP contribution in [0.3, 0.4) is 0 Å². The molecule has 0 spiro atoms. The first-order valence-corrected chi connectivity index (χ1v) is 8.05. The third-order valence-electron chi connectivity index (χ3n) is 4.39. The molecule has 1 unspecified atom stereocenters. The van der Waals surface area contributed by atoms with Crippen LogP contribution in [0.15, 0.2) is 18.2 Å². The molecule has 0 amide bonds. The summed E-state index contributed by atoms with van der Waals surface area (Å²) in [5, 5.41) is 12.2. The van der Waals surface area contributed by atoms with Gasteiger partial charge in [0.2, 0.25) is 0 Å². The minimum absolute atomic E-state index is 0.187. The second-order valence-electron chi connectivity index (χ2n) is 5.88. The summed E-state index contributed by atoms with van der Waals surface area (Å²) in [6.45, 7) is 6.61. The Morgan fingerprint density at radius 3 is 2.61 bits per heavy atom. The van der Waals surface area contributed by atoms with E-state index in [1.807, 2.05) is 7.05 Å². The summed E-state index contributed by atoms with van der Waals surface area (Å²) in [7, 11) is 1.86. The minimum Gasteiger partial charge on any atom is -0.296 e. The van der Waals surface area contributed by atoms with Gasteiger partial charge in [-0.1, -0.05) is 17.7 Å². The molecule has 0 bridgehead atoms. The van der Waals surface area contributed by atoms with Crippen LogP contribution in [-0.4, -0.2) is 56.2 Å². The van der Waals surface area contributed by atoms with Gasteiger partial charge in [-0.2, -0.15) is 0 Å². The van der Waals surface area contributed by atoms with E-state index in [2.05, 4.69) is 32.2 Å². The van der Waals surface area contributed by atoms with Crippen molar-refractivity contribution >= 4 is 11.6 Å². The summed E-state index contributed by atoms with van der Waals surface area (Å²) in [5.41, 5.74) is 0.965. The molecule has 1 aliphatic rings. The van der Waals surface area contributed by atoms with Gasteiger partial charge in [-0.05, 0) is 35.0 Å². The van der Waals surface area contributed by atoms with Gasteiger partial charge in [0.05, 0.1) is 6.04 Å². The van der Waals surface area contributed by atoms with Gasteiger partial charge >= 0.3 is 0 Å². The molecule has 8 heteroatoms. The Morgan fingerprint density at radius 1 is 1.26 bits per heavy atom. The van der Waals surface area contributed by atoms with E-state index in [1.165, 1.54) is 12.1 Å². The van der Waals surface area contributed by atoms with Gasteiger partial charge in [0.1, 0.15) is 5.82 Å². The van der Waals surface area contributed by atoms with Crippen LogP contribution in [0.25, 0.3) is 0 Å². The average molecular weight is 339 g/mol. The largest absolute Gasteiger partial charge is 0.296 e. The summed E-state index contributed by atoms with van der Waals surface area (Å²) < 4.78 is 14.8. The summed E-state index contributed by atoms with van der Waals surface area (Å²) >= 11 is 6.11. The second-order valence-corrected chi connectivity index (χ2v) is 6.29. The summed E-state index contributed by atoms with van der Waals surface area (Å²) in [4.78, 5) is 4.70. The fraction of sp³-hybridized carbons (Fsp3) is 0.533. The number of halogens is 2. The van der Waals surface area contributed by atoms with E-state index in [1.54, 1.807) is 10.7 Å². The SMILES string of the molecule is CC(c1nnnn1C)N1CCN(Cc2ccc(F)cc2Cl)CC1. The van der Waals surface area contributed by atoms with Crippen molar-refractivity contribution in [3.8, 4) is 0 Å². The molecule has 23 heavy (non-hydrogen) atoms. The Morgan fingerprint density at radius 2 is 2.00 bits per heavy atom. The molecule has 1 fully saturated rings. The third kappa shape index (κ3) is 3.68. The molecular weight excluding hydrogens is 319 g/mol. The third-order valence-corrected chi connectivity index (χ3v) is 4.74. The second kappa shape index (κ2) is 6.90. The standard InChI is InChI=1S/C15H20ClFN6/c1-11(15-18-19-20-21(15)2)23-7-5-22(6-8-23)10-12-3-4-13(17)9-14(12)16/h3-4,9,11H,5-8,10H2,1-2H3. The van der Waals surface area contributed by atoms with E-state index >= 15 is 0 Å². The normalized spacial score (nSPS) is 18.3. The number of hydrogen-bond donors (Lipinski definition) is 0. The van der Waals surface area contributed by atoms with Crippen molar-refractivity contribution in [1.29, 1.82) is 0 Å². The van der Waals surface area contributed by atoms with Crippen molar-refractivity contribution in [1.82, 2.24) is 30.0 Å². The van der Waals surface area contributed by atoms with Crippen LogP contribution in [0.2, 0.25) is 5.02 Å². The van der Waals surface area contributed by atoms with Gasteiger partial charge in [0.25, 0.3) is 0 Å². The van der Waals surface area contributed by atoms with Gasteiger partial charge in [-0.3, -0.25) is 9.80 Å². The topological polar surface area (TPSA) is 50.1 Å². The number of hydrogen-bond acceptors (Lipinski definition) is 5.